The quantitative estimate of drug-likeness (QED) is 0.411. The fourth-order valence-electron chi connectivity index (χ4n) is 5.08. The minimum Gasteiger partial charge on any atom is -0.324 e. The summed E-state index contributed by atoms with van der Waals surface area (Å²) in [7, 11) is 0. The number of halogens is 3. The first-order valence-electron chi connectivity index (χ1n) is 12.3. The van der Waals surface area contributed by atoms with E-state index in [-0.39, 0.29) is 35.5 Å². The van der Waals surface area contributed by atoms with Gasteiger partial charge < -0.3 is 10.6 Å². The summed E-state index contributed by atoms with van der Waals surface area (Å²) >= 11 is 0. The summed E-state index contributed by atoms with van der Waals surface area (Å²) < 4.78 is 44.5. The molecule has 0 spiro atoms. The lowest BCUT2D eigenvalue weighted by molar-refractivity contribution is -0.161. The van der Waals surface area contributed by atoms with Crippen LogP contribution in [0.3, 0.4) is 0 Å². The number of nitrogens with zero attached hydrogens (tertiary/aromatic N) is 5. The molecule has 0 atom stereocenters. The van der Waals surface area contributed by atoms with Crippen molar-refractivity contribution in [3.63, 3.8) is 0 Å². The Kier molecular flexibility index (Phi) is 5.37. The zero-order valence-corrected chi connectivity index (χ0v) is 20.4. The second-order valence-electron chi connectivity index (χ2n) is 10.0. The molecule has 2 N–H and O–H groups in total. The molecule has 11 heteroatoms. The Morgan fingerprint density at radius 2 is 1.92 bits per heavy atom. The Balaban J connectivity index is 1.46. The van der Waals surface area contributed by atoms with Gasteiger partial charge in [-0.3, -0.25) is 9.78 Å². The number of benzene rings is 1. The van der Waals surface area contributed by atoms with Gasteiger partial charge in [0.1, 0.15) is 10.8 Å². The van der Waals surface area contributed by atoms with E-state index in [2.05, 4.69) is 37.7 Å². The van der Waals surface area contributed by atoms with Crippen molar-refractivity contribution in [2.24, 2.45) is 0 Å². The standard InChI is InChI=1S/C26H26F3N7O/c1-15(2)35-23(37)20-14-32-24(33-18-4-3-17-13-30-9-5-16(17)11-18)34-22(20)36(35)19-6-10-31-21(12-19)25(7-8-25)26(27,28)29/h3-4,6,10-12,14-15,30H,5,7-9,13H2,1-2H3,(H,32,33,34). The van der Waals surface area contributed by atoms with Gasteiger partial charge in [0, 0.05) is 30.7 Å². The molecule has 1 aliphatic heterocycles. The Hall–Kier alpha value is -3.73. The molecule has 1 aliphatic carbocycles. The summed E-state index contributed by atoms with van der Waals surface area (Å²) in [5, 5.41) is 6.85. The average molecular weight is 510 g/mol. The minimum absolute atomic E-state index is 0.00342. The van der Waals surface area contributed by atoms with Crippen molar-refractivity contribution in [2.75, 3.05) is 11.9 Å². The molecule has 1 saturated carbocycles. The number of rotatable bonds is 5. The molecule has 0 amide bonds. The van der Waals surface area contributed by atoms with Gasteiger partial charge in [0.15, 0.2) is 5.65 Å². The first kappa shape index (κ1) is 23.7. The number of hydrogen-bond donors (Lipinski definition) is 2. The van der Waals surface area contributed by atoms with Gasteiger partial charge in [0.05, 0.1) is 11.4 Å². The van der Waals surface area contributed by atoms with Crippen molar-refractivity contribution in [2.45, 2.75) is 57.3 Å². The van der Waals surface area contributed by atoms with Gasteiger partial charge in [-0.15, -0.1) is 0 Å². The maximum Gasteiger partial charge on any atom is 0.399 e. The van der Waals surface area contributed by atoms with Crippen LogP contribution in [0, 0.1) is 0 Å². The molecule has 37 heavy (non-hydrogen) atoms. The molecule has 4 aromatic rings. The van der Waals surface area contributed by atoms with E-state index < -0.39 is 11.6 Å². The van der Waals surface area contributed by atoms with Crippen molar-refractivity contribution < 1.29 is 13.2 Å². The van der Waals surface area contributed by atoms with Gasteiger partial charge in [-0.05, 0) is 75.0 Å². The highest BCUT2D eigenvalue weighted by Crippen LogP contribution is 2.58. The Morgan fingerprint density at radius 1 is 1.11 bits per heavy atom. The zero-order valence-electron chi connectivity index (χ0n) is 20.4. The lowest BCUT2D eigenvalue weighted by Crippen LogP contribution is -2.30. The summed E-state index contributed by atoms with van der Waals surface area (Å²) in [6, 6.07) is 8.82. The van der Waals surface area contributed by atoms with E-state index in [0.717, 1.165) is 25.2 Å². The van der Waals surface area contributed by atoms with Crippen LogP contribution in [0.2, 0.25) is 0 Å². The van der Waals surface area contributed by atoms with Crippen LogP contribution in [0.15, 0.2) is 47.5 Å². The van der Waals surface area contributed by atoms with Gasteiger partial charge in [-0.25, -0.2) is 14.3 Å². The number of aromatic nitrogens is 5. The molecule has 192 valence electrons. The first-order valence-corrected chi connectivity index (χ1v) is 12.3. The van der Waals surface area contributed by atoms with Gasteiger partial charge in [-0.2, -0.15) is 18.2 Å². The summed E-state index contributed by atoms with van der Waals surface area (Å²) in [5.74, 6) is 0.291. The SMILES string of the molecule is CC(C)n1c(=O)c2cnc(Nc3ccc4c(c3)CCNC4)nc2n1-c1ccnc(C2(C(F)(F)F)CC2)c1. The molecule has 1 aromatic carbocycles. The molecule has 3 aromatic heterocycles. The van der Waals surface area contributed by atoms with Crippen molar-refractivity contribution in [3.8, 4) is 5.69 Å². The predicted octanol–water partition coefficient (Wildman–Crippen LogP) is 4.54. The van der Waals surface area contributed by atoms with E-state index in [9.17, 15) is 18.0 Å². The van der Waals surface area contributed by atoms with Crippen molar-refractivity contribution >= 4 is 22.7 Å². The van der Waals surface area contributed by atoms with Crippen LogP contribution < -0.4 is 16.2 Å². The van der Waals surface area contributed by atoms with Crippen LogP contribution in [-0.2, 0) is 18.4 Å². The van der Waals surface area contributed by atoms with Crippen LogP contribution in [-0.4, -0.2) is 37.0 Å². The monoisotopic (exact) mass is 509 g/mol. The van der Waals surface area contributed by atoms with Crippen LogP contribution >= 0.6 is 0 Å². The summed E-state index contributed by atoms with van der Waals surface area (Å²) in [4.78, 5) is 26.4. The van der Waals surface area contributed by atoms with E-state index in [0.29, 0.717) is 17.3 Å². The van der Waals surface area contributed by atoms with Crippen molar-refractivity contribution in [1.29, 1.82) is 0 Å². The van der Waals surface area contributed by atoms with E-state index in [1.165, 1.54) is 34.3 Å². The summed E-state index contributed by atoms with van der Waals surface area (Å²) in [6.45, 7) is 5.42. The topological polar surface area (TPSA) is 89.7 Å². The third-order valence-electron chi connectivity index (χ3n) is 7.23. The zero-order chi connectivity index (χ0) is 25.9. The molecule has 6 rings (SSSR count). The second-order valence-corrected chi connectivity index (χ2v) is 10.0. The van der Waals surface area contributed by atoms with Gasteiger partial charge >= 0.3 is 6.18 Å². The normalized spacial score (nSPS) is 16.7. The van der Waals surface area contributed by atoms with E-state index in [1.807, 2.05) is 19.9 Å². The third kappa shape index (κ3) is 3.88. The third-order valence-corrected chi connectivity index (χ3v) is 7.23. The van der Waals surface area contributed by atoms with Crippen LogP contribution in [0.4, 0.5) is 24.8 Å². The number of nitrogens with one attached hydrogen (secondary N) is 2. The van der Waals surface area contributed by atoms with Gasteiger partial charge in [0.25, 0.3) is 5.56 Å². The van der Waals surface area contributed by atoms with Gasteiger partial charge in [-0.1, -0.05) is 6.07 Å². The van der Waals surface area contributed by atoms with Crippen LogP contribution in [0.1, 0.15) is 49.6 Å². The first-order chi connectivity index (χ1) is 17.7. The Morgan fingerprint density at radius 3 is 2.65 bits per heavy atom. The predicted molar refractivity (Wildman–Crippen MR) is 133 cm³/mol. The fourth-order valence-corrected chi connectivity index (χ4v) is 5.08. The highest BCUT2D eigenvalue weighted by atomic mass is 19.4. The largest absolute Gasteiger partial charge is 0.399 e. The number of anilines is 2. The molecule has 1 fully saturated rings. The molecule has 2 aliphatic rings. The maximum absolute atomic E-state index is 13.8. The number of hydrogen-bond acceptors (Lipinski definition) is 6. The molecule has 0 saturated heterocycles. The smallest absolute Gasteiger partial charge is 0.324 e. The van der Waals surface area contributed by atoms with E-state index in [1.54, 1.807) is 10.7 Å². The second kappa shape index (κ2) is 8.41. The average Bonchev–Trinajstić information content (AvgIpc) is 3.64. The van der Waals surface area contributed by atoms with Crippen LogP contribution in [0.25, 0.3) is 16.7 Å². The molecular weight excluding hydrogens is 483 g/mol. The number of fused-ring (bicyclic) bond motifs is 2. The number of alkyl halides is 3. The highest BCUT2D eigenvalue weighted by molar-refractivity contribution is 5.77. The molecule has 8 nitrogen and oxygen atoms in total. The minimum atomic E-state index is -4.39. The molecule has 0 radical (unpaired) electrons. The lowest BCUT2D eigenvalue weighted by Gasteiger charge is -2.20. The number of pyridine rings is 1. The molecule has 0 unspecified atom stereocenters. The Bertz CT molecular complexity index is 1570. The van der Waals surface area contributed by atoms with E-state index >= 15 is 0 Å². The summed E-state index contributed by atoms with van der Waals surface area (Å²) in [6.07, 6.45) is -0.637. The highest BCUT2D eigenvalue weighted by Gasteiger charge is 2.65. The van der Waals surface area contributed by atoms with Crippen molar-refractivity contribution in [3.05, 3.63) is 69.9 Å². The van der Waals surface area contributed by atoms with Crippen molar-refractivity contribution in [1.82, 2.24) is 29.6 Å². The Labute approximate surface area is 210 Å². The lowest BCUT2D eigenvalue weighted by atomic mass is 10.0. The van der Waals surface area contributed by atoms with E-state index in [4.69, 9.17) is 0 Å². The molecule has 4 heterocycles. The van der Waals surface area contributed by atoms with Crippen LogP contribution in [0.5, 0.6) is 0 Å². The molecule has 0 bridgehead atoms. The fraction of sp³-hybridized carbons (Fsp3) is 0.385. The maximum atomic E-state index is 13.8. The summed E-state index contributed by atoms with van der Waals surface area (Å²) in [5.41, 5.74) is 1.74. The van der Waals surface area contributed by atoms with Gasteiger partial charge in [0.2, 0.25) is 5.95 Å². The molecular formula is C26H26F3N7O.